The van der Waals surface area contributed by atoms with Crippen molar-refractivity contribution in [1.82, 2.24) is 9.97 Å². The summed E-state index contributed by atoms with van der Waals surface area (Å²) in [4.78, 5) is 20.5. The molecular formula is C25H22F3N4O3S+. The normalized spacial score (nSPS) is 18.0. The van der Waals surface area contributed by atoms with Gasteiger partial charge in [0.25, 0.3) is 0 Å². The van der Waals surface area contributed by atoms with Gasteiger partial charge in [0, 0.05) is 41.0 Å². The Morgan fingerprint density at radius 3 is 2.58 bits per heavy atom. The molecule has 0 bridgehead atoms. The Balaban J connectivity index is 1.52. The molecule has 2 atom stereocenters. The fourth-order valence-electron chi connectivity index (χ4n) is 4.42. The highest BCUT2D eigenvalue weighted by Gasteiger charge is 2.35. The molecular weight excluding hydrogens is 493 g/mol. The molecule has 0 saturated heterocycles. The summed E-state index contributed by atoms with van der Waals surface area (Å²) < 4.78 is 72.8. The number of aromatic amines is 1. The molecule has 0 spiro atoms. The van der Waals surface area contributed by atoms with Crippen molar-refractivity contribution in [2.24, 2.45) is 7.05 Å². The van der Waals surface area contributed by atoms with Crippen LogP contribution in [0, 0.1) is 11.6 Å². The summed E-state index contributed by atoms with van der Waals surface area (Å²) in [6, 6.07) is 7.15. The first-order chi connectivity index (χ1) is 17.1. The average molecular weight is 516 g/mol. The van der Waals surface area contributed by atoms with Crippen LogP contribution in [0.4, 0.5) is 18.9 Å². The topological polar surface area (TPSA) is 95.8 Å². The predicted octanol–water partition coefficient (Wildman–Crippen LogP) is 4.20. The Kier molecular flexibility index (Phi) is 6.03. The number of sulfonamides is 1. The van der Waals surface area contributed by atoms with Gasteiger partial charge >= 0.3 is 0 Å². The van der Waals surface area contributed by atoms with E-state index in [1.54, 1.807) is 12.3 Å². The van der Waals surface area contributed by atoms with Gasteiger partial charge in [-0.1, -0.05) is 0 Å². The highest BCUT2D eigenvalue weighted by molar-refractivity contribution is 7.93. The van der Waals surface area contributed by atoms with Gasteiger partial charge < -0.3 is 4.98 Å². The number of hydrogen-bond acceptors (Lipinski definition) is 4. The highest BCUT2D eigenvalue weighted by atomic mass is 32.2. The van der Waals surface area contributed by atoms with Gasteiger partial charge in [0.05, 0.1) is 16.5 Å². The van der Waals surface area contributed by atoms with Crippen molar-refractivity contribution in [3.8, 4) is 11.1 Å². The minimum Gasteiger partial charge on any atom is -0.345 e. The molecule has 186 valence electrons. The number of benzene rings is 1. The molecule has 1 aliphatic carbocycles. The van der Waals surface area contributed by atoms with Crippen LogP contribution in [0.5, 0.6) is 0 Å². The monoisotopic (exact) mass is 515 g/mol. The van der Waals surface area contributed by atoms with Crippen molar-refractivity contribution in [1.29, 1.82) is 0 Å². The SMILES string of the molecule is C[n+]1ccc(-c2cnc3[nH]cc(C(=O)c4c(F)ccc(NS(=O)(=O)C5CC[C@@H](F)C5)c4F)c3c2)cc1. The molecule has 4 aromatic rings. The predicted molar refractivity (Wildman–Crippen MR) is 128 cm³/mol. The maximum atomic E-state index is 15.4. The number of carbonyl (C=O) groups is 1. The summed E-state index contributed by atoms with van der Waals surface area (Å²) in [6.45, 7) is 0. The third-order valence-corrected chi connectivity index (χ3v) is 8.23. The Morgan fingerprint density at radius 1 is 1.14 bits per heavy atom. The molecule has 1 saturated carbocycles. The van der Waals surface area contributed by atoms with Crippen molar-refractivity contribution in [3.05, 3.63) is 77.9 Å². The molecule has 3 aromatic heterocycles. The van der Waals surface area contributed by atoms with Gasteiger partial charge in [0.2, 0.25) is 15.8 Å². The van der Waals surface area contributed by atoms with Crippen LogP contribution in [0.3, 0.4) is 0 Å². The van der Waals surface area contributed by atoms with Crippen LogP contribution in [-0.4, -0.2) is 35.6 Å². The lowest BCUT2D eigenvalue weighted by molar-refractivity contribution is -0.671. The first kappa shape index (κ1) is 24.0. The average Bonchev–Trinajstić information content (AvgIpc) is 3.48. The van der Waals surface area contributed by atoms with Crippen LogP contribution in [0.25, 0.3) is 22.2 Å². The van der Waals surface area contributed by atoms with Crippen LogP contribution in [0.1, 0.15) is 35.2 Å². The Bertz CT molecular complexity index is 1590. The number of alkyl halides is 1. The van der Waals surface area contributed by atoms with E-state index in [1.165, 1.54) is 6.20 Å². The second-order valence-electron chi connectivity index (χ2n) is 8.87. The molecule has 0 radical (unpaired) electrons. The fourth-order valence-corrected chi connectivity index (χ4v) is 5.96. The van der Waals surface area contributed by atoms with E-state index in [9.17, 15) is 22.0 Å². The smallest absolute Gasteiger partial charge is 0.235 e. The van der Waals surface area contributed by atoms with Crippen molar-refractivity contribution >= 4 is 32.5 Å². The minimum atomic E-state index is -4.13. The molecule has 1 fully saturated rings. The number of anilines is 1. The van der Waals surface area contributed by atoms with E-state index in [-0.39, 0.29) is 24.8 Å². The van der Waals surface area contributed by atoms with Crippen molar-refractivity contribution in [2.45, 2.75) is 30.7 Å². The van der Waals surface area contributed by atoms with Gasteiger partial charge in [-0.2, -0.15) is 0 Å². The molecule has 11 heteroatoms. The molecule has 7 nitrogen and oxygen atoms in total. The maximum absolute atomic E-state index is 15.4. The van der Waals surface area contributed by atoms with Gasteiger partial charge in [0.1, 0.15) is 24.7 Å². The molecule has 3 heterocycles. The molecule has 0 aliphatic heterocycles. The van der Waals surface area contributed by atoms with E-state index in [0.29, 0.717) is 16.6 Å². The molecule has 0 amide bonds. The first-order valence-electron chi connectivity index (χ1n) is 11.2. The van der Waals surface area contributed by atoms with Crippen molar-refractivity contribution in [3.63, 3.8) is 0 Å². The van der Waals surface area contributed by atoms with Crippen molar-refractivity contribution < 1.29 is 31.0 Å². The zero-order valence-electron chi connectivity index (χ0n) is 19.1. The second-order valence-corrected chi connectivity index (χ2v) is 10.8. The number of hydrogen-bond donors (Lipinski definition) is 2. The fraction of sp³-hybridized carbons (Fsp3) is 0.240. The number of nitrogens with zero attached hydrogens (tertiary/aromatic N) is 2. The number of halogens is 3. The number of rotatable bonds is 6. The number of aryl methyl sites for hydroxylation is 1. The lowest BCUT2D eigenvalue weighted by Crippen LogP contribution is -2.26. The van der Waals surface area contributed by atoms with E-state index in [2.05, 4.69) is 14.7 Å². The lowest BCUT2D eigenvalue weighted by atomic mass is 10.00. The standard InChI is InChI=1S/C25H21F3N4O3S/c1-32-8-6-14(7-9-32)15-10-18-19(13-30-25(18)29-12-15)24(33)22-20(27)4-5-21(23(22)28)31-36(34,35)17-3-2-16(26)11-17/h4-10,12-13,16-17,31H,2-3,11H2,1H3/p+1/t16-,17?/m1/s1. The first-order valence-corrected chi connectivity index (χ1v) is 12.8. The molecule has 2 N–H and O–H groups in total. The summed E-state index contributed by atoms with van der Waals surface area (Å²) >= 11 is 0. The van der Waals surface area contributed by atoms with E-state index in [4.69, 9.17) is 0 Å². The quantitative estimate of drug-likeness (QED) is 0.297. The van der Waals surface area contributed by atoms with Crippen molar-refractivity contribution in [2.75, 3.05) is 4.72 Å². The molecule has 36 heavy (non-hydrogen) atoms. The van der Waals surface area contributed by atoms with E-state index in [1.807, 2.05) is 36.1 Å². The van der Waals surface area contributed by atoms with Crippen LogP contribution < -0.4 is 9.29 Å². The minimum absolute atomic E-state index is 0.0188. The number of ketones is 1. The molecule has 1 aliphatic rings. The van der Waals surface area contributed by atoms with Crippen LogP contribution in [0.15, 0.2) is 55.1 Å². The molecule has 5 rings (SSSR count). The number of carbonyl (C=O) groups excluding carboxylic acids is 1. The number of pyridine rings is 2. The number of H-pyrrole nitrogens is 1. The summed E-state index contributed by atoms with van der Waals surface area (Å²) in [7, 11) is -2.26. The largest absolute Gasteiger partial charge is 0.345 e. The Hall–Kier alpha value is -3.73. The third kappa shape index (κ3) is 4.34. The van der Waals surface area contributed by atoms with Gasteiger partial charge in [-0.05, 0) is 43.0 Å². The van der Waals surface area contributed by atoms with Gasteiger partial charge in [-0.15, -0.1) is 0 Å². The number of nitrogens with one attached hydrogen (secondary N) is 2. The number of aromatic nitrogens is 3. The van der Waals surface area contributed by atoms with Crippen LogP contribution >= 0.6 is 0 Å². The Morgan fingerprint density at radius 2 is 1.89 bits per heavy atom. The second kappa shape index (κ2) is 9.05. The summed E-state index contributed by atoms with van der Waals surface area (Å²) in [5.41, 5.74) is 0.388. The third-order valence-electron chi connectivity index (χ3n) is 6.42. The lowest BCUT2D eigenvalue weighted by Gasteiger charge is -2.15. The van der Waals surface area contributed by atoms with Crippen LogP contribution in [-0.2, 0) is 17.1 Å². The van der Waals surface area contributed by atoms with Gasteiger partial charge in [0.15, 0.2) is 18.2 Å². The van der Waals surface area contributed by atoms with Gasteiger partial charge in [-0.25, -0.2) is 31.1 Å². The summed E-state index contributed by atoms with van der Waals surface area (Å²) in [5.74, 6) is -3.45. The van der Waals surface area contributed by atoms with E-state index >= 15 is 4.39 Å². The summed E-state index contributed by atoms with van der Waals surface area (Å²) in [5, 5.41) is -0.676. The zero-order valence-corrected chi connectivity index (χ0v) is 19.9. The maximum Gasteiger partial charge on any atom is 0.235 e. The molecule has 1 unspecified atom stereocenters. The number of fused-ring (bicyclic) bond motifs is 1. The summed E-state index contributed by atoms with van der Waals surface area (Å²) in [6.07, 6.45) is 5.36. The Labute approximate surface area is 205 Å². The van der Waals surface area contributed by atoms with Gasteiger partial charge in [-0.3, -0.25) is 9.52 Å². The van der Waals surface area contributed by atoms with E-state index < -0.39 is 50.1 Å². The zero-order chi connectivity index (χ0) is 25.6. The highest BCUT2D eigenvalue weighted by Crippen LogP contribution is 2.32. The van der Waals surface area contributed by atoms with E-state index in [0.717, 1.165) is 17.7 Å². The molecule has 1 aromatic carbocycles. The van der Waals surface area contributed by atoms with Crippen LogP contribution in [0.2, 0.25) is 0 Å².